The number of rotatable bonds is 3. The van der Waals surface area contributed by atoms with Crippen molar-refractivity contribution >= 4 is 17.5 Å². The first-order valence-corrected chi connectivity index (χ1v) is 5.30. The average Bonchev–Trinajstić information content (AvgIpc) is 2.06. The molecule has 1 fully saturated rings. The molecular weight excluding hydrogens is 158 g/mol. The highest BCUT2D eigenvalue weighted by Crippen LogP contribution is 2.08. The van der Waals surface area contributed by atoms with Crippen LogP contribution in [0.3, 0.4) is 0 Å². The summed E-state index contributed by atoms with van der Waals surface area (Å²) < 4.78 is 0. The molecular formula is C8H15NOS. The Morgan fingerprint density at radius 3 is 2.64 bits per heavy atom. The van der Waals surface area contributed by atoms with Crippen LogP contribution in [0.25, 0.3) is 0 Å². The second-order valence-electron chi connectivity index (χ2n) is 2.78. The molecule has 1 heterocycles. The zero-order valence-corrected chi connectivity index (χ0v) is 7.82. The van der Waals surface area contributed by atoms with Crippen LogP contribution in [0, 0.1) is 0 Å². The largest absolute Gasteiger partial charge is 0.298 e. The molecule has 1 saturated heterocycles. The van der Waals surface area contributed by atoms with Crippen LogP contribution in [0.5, 0.6) is 0 Å². The Morgan fingerprint density at radius 2 is 2.09 bits per heavy atom. The number of carbonyl (C=O) groups is 1. The number of hydrogen-bond donors (Lipinski definition) is 0. The lowest BCUT2D eigenvalue weighted by atomic mass is 10.3. The molecule has 2 nitrogen and oxygen atoms in total. The fourth-order valence-electron chi connectivity index (χ4n) is 1.12. The Labute approximate surface area is 72.3 Å². The molecule has 1 aliphatic heterocycles. The number of Topliss-reactive ketones (excluding diaryl/α,β-unsaturated/α-hetero) is 1. The summed E-state index contributed by atoms with van der Waals surface area (Å²) in [6.45, 7) is 4.80. The molecule has 64 valence electrons. The summed E-state index contributed by atoms with van der Waals surface area (Å²) in [4.78, 5) is 13.3. The maximum atomic E-state index is 11.0. The Morgan fingerprint density at radius 1 is 1.45 bits per heavy atom. The van der Waals surface area contributed by atoms with Crippen molar-refractivity contribution in [1.29, 1.82) is 0 Å². The van der Waals surface area contributed by atoms with Crippen molar-refractivity contribution in [1.82, 2.24) is 4.90 Å². The number of hydrogen-bond acceptors (Lipinski definition) is 3. The van der Waals surface area contributed by atoms with Crippen LogP contribution in [0.15, 0.2) is 0 Å². The van der Waals surface area contributed by atoms with Crippen LogP contribution in [-0.2, 0) is 4.79 Å². The van der Waals surface area contributed by atoms with E-state index in [0.29, 0.717) is 18.7 Å². The minimum atomic E-state index is 0.372. The summed E-state index contributed by atoms with van der Waals surface area (Å²) >= 11 is 1.98. The normalized spacial score (nSPS) is 20.1. The Hall–Kier alpha value is -0.0200. The lowest BCUT2D eigenvalue weighted by molar-refractivity contribution is -0.119. The van der Waals surface area contributed by atoms with E-state index in [1.807, 2.05) is 18.7 Å². The fourth-order valence-corrected chi connectivity index (χ4v) is 2.10. The Kier molecular flexibility index (Phi) is 3.94. The zero-order chi connectivity index (χ0) is 8.10. The monoisotopic (exact) mass is 173 g/mol. The summed E-state index contributed by atoms with van der Waals surface area (Å²) in [6.07, 6.45) is 0.684. The molecule has 1 aliphatic rings. The summed E-state index contributed by atoms with van der Waals surface area (Å²) in [5.41, 5.74) is 0. The maximum absolute atomic E-state index is 11.0. The fraction of sp³-hybridized carbons (Fsp3) is 0.875. The zero-order valence-electron chi connectivity index (χ0n) is 7.01. The summed E-state index contributed by atoms with van der Waals surface area (Å²) in [7, 11) is 0. The van der Waals surface area contributed by atoms with Gasteiger partial charge in [-0.25, -0.2) is 0 Å². The van der Waals surface area contributed by atoms with Crippen molar-refractivity contribution in [3.63, 3.8) is 0 Å². The van der Waals surface area contributed by atoms with E-state index in [9.17, 15) is 4.79 Å². The van der Waals surface area contributed by atoms with Crippen molar-refractivity contribution in [3.8, 4) is 0 Å². The Balaban J connectivity index is 2.19. The molecule has 0 atom stereocenters. The molecule has 0 radical (unpaired) electrons. The highest BCUT2D eigenvalue weighted by atomic mass is 32.2. The molecule has 0 saturated carbocycles. The van der Waals surface area contributed by atoms with Gasteiger partial charge in [0, 0.05) is 31.0 Å². The van der Waals surface area contributed by atoms with Gasteiger partial charge in [-0.2, -0.15) is 11.8 Å². The van der Waals surface area contributed by atoms with E-state index in [4.69, 9.17) is 0 Å². The van der Waals surface area contributed by atoms with Crippen LogP contribution in [0.4, 0.5) is 0 Å². The molecule has 0 aliphatic carbocycles. The molecule has 0 aromatic carbocycles. The lowest BCUT2D eigenvalue weighted by Gasteiger charge is -2.24. The van der Waals surface area contributed by atoms with Crippen molar-refractivity contribution in [3.05, 3.63) is 0 Å². The minimum absolute atomic E-state index is 0.372. The molecule has 0 amide bonds. The summed E-state index contributed by atoms with van der Waals surface area (Å²) in [5.74, 6) is 2.76. The topological polar surface area (TPSA) is 20.3 Å². The van der Waals surface area contributed by atoms with Gasteiger partial charge in [0.05, 0.1) is 6.54 Å². The predicted octanol–water partition coefficient (Wildman–Crippen LogP) is 1.01. The first-order valence-electron chi connectivity index (χ1n) is 4.14. The summed E-state index contributed by atoms with van der Waals surface area (Å²) in [5, 5.41) is 0. The molecule has 3 heteroatoms. The van der Waals surface area contributed by atoms with Gasteiger partial charge in [-0.15, -0.1) is 0 Å². The maximum Gasteiger partial charge on any atom is 0.146 e. The van der Waals surface area contributed by atoms with Gasteiger partial charge in [-0.1, -0.05) is 6.92 Å². The smallest absolute Gasteiger partial charge is 0.146 e. The molecule has 0 N–H and O–H groups in total. The van der Waals surface area contributed by atoms with Crippen LogP contribution < -0.4 is 0 Å². The number of carbonyl (C=O) groups excluding carboxylic acids is 1. The quantitative estimate of drug-likeness (QED) is 0.635. The number of ketones is 1. The van der Waals surface area contributed by atoms with E-state index in [1.165, 1.54) is 11.5 Å². The van der Waals surface area contributed by atoms with Crippen LogP contribution in [0.1, 0.15) is 13.3 Å². The second kappa shape index (κ2) is 4.78. The molecule has 0 bridgehead atoms. The van der Waals surface area contributed by atoms with Gasteiger partial charge in [-0.3, -0.25) is 9.69 Å². The second-order valence-corrected chi connectivity index (χ2v) is 4.01. The van der Waals surface area contributed by atoms with E-state index in [2.05, 4.69) is 4.90 Å². The van der Waals surface area contributed by atoms with E-state index >= 15 is 0 Å². The molecule has 0 aromatic heterocycles. The van der Waals surface area contributed by atoms with Crippen LogP contribution in [0.2, 0.25) is 0 Å². The first kappa shape index (κ1) is 9.07. The number of nitrogens with zero attached hydrogens (tertiary/aromatic N) is 1. The van der Waals surface area contributed by atoms with Crippen molar-refractivity contribution in [2.75, 3.05) is 31.1 Å². The van der Waals surface area contributed by atoms with Gasteiger partial charge in [-0.05, 0) is 0 Å². The average molecular weight is 173 g/mol. The molecule has 0 aromatic rings. The Bertz CT molecular complexity index is 132. The standard InChI is InChI=1S/C8H15NOS/c1-2-8(10)7-9-3-5-11-6-4-9/h2-7H2,1H3. The predicted molar refractivity (Wildman–Crippen MR) is 49.1 cm³/mol. The van der Waals surface area contributed by atoms with Gasteiger partial charge < -0.3 is 0 Å². The summed E-state index contributed by atoms with van der Waals surface area (Å²) in [6, 6.07) is 0. The van der Waals surface area contributed by atoms with E-state index in [-0.39, 0.29) is 0 Å². The molecule has 11 heavy (non-hydrogen) atoms. The lowest BCUT2D eigenvalue weighted by Crippen LogP contribution is -2.36. The highest BCUT2D eigenvalue weighted by Gasteiger charge is 2.12. The van der Waals surface area contributed by atoms with E-state index in [0.717, 1.165) is 13.1 Å². The van der Waals surface area contributed by atoms with Crippen molar-refractivity contribution in [2.24, 2.45) is 0 Å². The van der Waals surface area contributed by atoms with Crippen LogP contribution >= 0.6 is 11.8 Å². The van der Waals surface area contributed by atoms with Crippen LogP contribution in [-0.4, -0.2) is 41.8 Å². The van der Waals surface area contributed by atoms with Gasteiger partial charge in [0.2, 0.25) is 0 Å². The highest BCUT2D eigenvalue weighted by molar-refractivity contribution is 7.99. The van der Waals surface area contributed by atoms with Crippen molar-refractivity contribution < 1.29 is 4.79 Å². The molecule has 0 unspecified atom stereocenters. The minimum Gasteiger partial charge on any atom is -0.298 e. The van der Waals surface area contributed by atoms with Gasteiger partial charge in [0.15, 0.2) is 0 Å². The third-order valence-electron chi connectivity index (χ3n) is 1.90. The van der Waals surface area contributed by atoms with Gasteiger partial charge >= 0.3 is 0 Å². The third-order valence-corrected chi connectivity index (χ3v) is 2.84. The number of thioether (sulfide) groups is 1. The van der Waals surface area contributed by atoms with E-state index < -0.39 is 0 Å². The molecule has 0 spiro atoms. The SMILES string of the molecule is CCC(=O)CN1CCSCC1. The van der Waals surface area contributed by atoms with Crippen molar-refractivity contribution in [2.45, 2.75) is 13.3 Å². The molecule has 1 rings (SSSR count). The third kappa shape index (κ3) is 3.25. The van der Waals surface area contributed by atoms with E-state index in [1.54, 1.807) is 0 Å². The van der Waals surface area contributed by atoms with Gasteiger partial charge in [0.25, 0.3) is 0 Å². The van der Waals surface area contributed by atoms with Gasteiger partial charge in [0.1, 0.15) is 5.78 Å². The first-order chi connectivity index (χ1) is 5.33.